The van der Waals surface area contributed by atoms with Crippen molar-refractivity contribution in [3.05, 3.63) is 61.4 Å². The van der Waals surface area contributed by atoms with E-state index in [4.69, 9.17) is 16.3 Å². The average molecular weight is 371 g/mol. The minimum Gasteiger partial charge on any atom is -0.495 e. The van der Waals surface area contributed by atoms with Gasteiger partial charge in [-0.2, -0.15) is 0 Å². The van der Waals surface area contributed by atoms with Crippen molar-refractivity contribution < 1.29 is 9.53 Å². The lowest BCUT2D eigenvalue weighted by atomic mass is 10.1. The van der Waals surface area contributed by atoms with Gasteiger partial charge in [-0.05, 0) is 47.1 Å². The lowest BCUT2D eigenvalue weighted by molar-refractivity contribution is 0.0970. The maximum absolute atomic E-state index is 12.3. The van der Waals surface area contributed by atoms with Gasteiger partial charge in [0.2, 0.25) is 0 Å². The molecule has 0 saturated heterocycles. The zero-order valence-electron chi connectivity index (χ0n) is 11.5. The van der Waals surface area contributed by atoms with Crippen LogP contribution in [0.25, 0.3) is 0 Å². The van der Waals surface area contributed by atoms with Crippen LogP contribution in [0, 0.1) is 6.92 Å². The van der Waals surface area contributed by atoms with Crippen molar-refractivity contribution in [3.8, 4) is 5.75 Å². The predicted molar refractivity (Wildman–Crippen MR) is 85.5 cm³/mol. The van der Waals surface area contributed by atoms with E-state index in [9.17, 15) is 9.59 Å². The van der Waals surface area contributed by atoms with Crippen LogP contribution < -0.4 is 10.3 Å². The van der Waals surface area contributed by atoms with E-state index in [2.05, 4.69) is 15.9 Å². The molecule has 0 aliphatic carbocycles. The molecule has 0 N–H and O–H groups in total. The van der Waals surface area contributed by atoms with Gasteiger partial charge in [0.15, 0.2) is 5.78 Å². The summed E-state index contributed by atoms with van der Waals surface area (Å²) in [6, 6.07) is 6.51. The van der Waals surface area contributed by atoms with Crippen LogP contribution in [-0.4, -0.2) is 17.5 Å². The number of methoxy groups -OCH3 is 1. The van der Waals surface area contributed by atoms with E-state index >= 15 is 0 Å². The highest BCUT2D eigenvalue weighted by molar-refractivity contribution is 9.10. The summed E-state index contributed by atoms with van der Waals surface area (Å²) in [5.41, 5.74) is 0.821. The van der Waals surface area contributed by atoms with Crippen LogP contribution >= 0.6 is 27.5 Å². The first-order valence-corrected chi connectivity index (χ1v) is 7.33. The number of Topliss-reactive ketones (excluding diaryl/α,β-unsaturated/α-hetero) is 1. The number of rotatable bonds is 4. The predicted octanol–water partition coefficient (Wildman–Crippen LogP) is 3.46. The Hall–Kier alpha value is -1.59. The number of benzene rings is 1. The van der Waals surface area contributed by atoms with Crippen LogP contribution in [0.4, 0.5) is 0 Å². The van der Waals surface area contributed by atoms with Gasteiger partial charge >= 0.3 is 0 Å². The number of hydrogen-bond donors (Lipinski definition) is 0. The van der Waals surface area contributed by atoms with Crippen molar-refractivity contribution in [2.75, 3.05) is 7.11 Å². The molecule has 0 amide bonds. The minimum atomic E-state index is -0.195. The van der Waals surface area contributed by atoms with E-state index in [1.807, 2.05) is 0 Å². The molecule has 1 aromatic heterocycles. The van der Waals surface area contributed by atoms with Gasteiger partial charge in [-0.25, -0.2) is 0 Å². The maximum atomic E-state index is 12.3. The van der Waals surface area contributed by atoms with Crippen molar-refractivity contribution in [1.82, 2.24) is 4.57 Å². The molecule has 0 bridgehead atoms. The second kappa shape index (κ2) is 6.45. The third-order valence-corrected chi connectivity index (χ3v) is 3.75. The van der Waals surface area contributed by atoms with Gasteiger partial charge in [-0.1, -0.05) is 11.6 Å². The number of carbonyl (C=O) groups is 1. The summed E-state index contributed by atoms with van der Waals surface area (Å²) in [6.45, 7) is 1.67. The zero-order valence-corrected chi connectivity index (χ0v) is 13.9. The Bertz CT molecular complexity index is 755. The fourth-order valence-electron chi connectivity index (χ4n) is 1.94. The molecule has 0 unspecified atom stereocenters. The minimum absolute atomic E-state index is 0.0399. The smallest absolute Gasteiger partial charge is 0.253 e. The molecule has 0 spiro atoms. The van der Waals surface area contributed by atoms with Crippen LogP contribution in [0.1, 0.15) is 15.9 Å². The molecule has 0 radical (unpaired) electrons. The van der Waals surface area contributed by atoms with E-state index in [0.717, 1.165) is 4.47 Å². The van der Waals surface area contributed by atoms with Gasteiger partial charge in [0.1, 0.15) is 5.75 Å². The number of nitrogens with zero attached hydrogens (tertiary/aromatic N) is 1. The lowest BCUT2D eigenvalue weighted by Crippen LogP contribution is -2.25. The van der Waals surface area contributed by atoms with Gasteiger partial charge in [0.25, 0.3) is 5.56 Å². The second-order valence-corrected chi connectivity index (χ2v) is 5.87. The molecule has 0 saturated carbocycles. The normalized spacial score (nSPS) is 10.5. The number of halogens is 2. The molecule has 0 fully saturated rings. The van der Waals surface area contributed by atoms with Gasteiger partial charge in [-0.3, -0.25) is 9.59 Å². The number of pyridine rings is 1. The summed E-state index contributed by atoms with van der Waals surface area (Å²) < 4.78 is 7.17. The summed E-state index contributed by atoms with van der Waals surface area (Å²) in [7, 11) is 1.51. The molecule has 0 aliphatic heterocycles. The van der Waals surface area contributed by atoms with Crippen LogP contribution in [0.3, 0.4) is 0 Å². The van der Waals surface area contributed by atoms with Crippen LogP contribution in [0.2, 0.25) is 5.02 Å². The maximum Gasteiger partial charge on any atom is 0.253 e. The van der Waals surface area contributed by atoms with Crippen molar-refractivity contribution in [2.24, 2.45) is 0 Å². The Kier molecular flexibility index (Phi) is 4.85. The molecule has 2 rings (SSSR count). The molecular formula is C15H13BrClNO3. The Morgan fingerprint density at radius 3 is 2.71 bits per heavy atom. The highest BCUT2D eigenvalue weighted by atomic mass is 79.9. The number of ketones is 1. The fourth-order valence-corrected chi connectivity index (χ4v) is 2.79. The molecule has 6 heteroatoms. The van der Waals surface area contributed by atoms with E-state index < -0.39 is 0 Å². The first-order chi connectivity index (χ1) is 9.92. The summed E-state index contributed by atoms with van der Waals surface area (Å²) in [4.78, 5) is 24.3. The Balaban J connectivity index is 2.30. The molecule has 1 aromatic carbocycles. The molecular weight excluding hydrogens is 358 g/mol. The zero-order chi connectivity index (χ0) is 15.6. The van der Waals surface area contributed by atoms with Crippen molar-refractivity contribution in [1.29, 1.82) is 0 Å². The molecule has 1 heterocycles. The first-order valence-electron chi connectivity index (χ1n) is 6.15. The van der Waals surface area contributed by atoms with E-state index in [1.54, 1.807) is 37.4 Å². The monoisotopic (exact) mass is 369 g/mol. The van der Waals surface area contributed by atoms with Crippen LogP contribution in [0.5, 0.6) is 5.75 Å². The number of ether oxygens (including phenoxy) is 1. The summed E-state index contributed by atoms with van der Waals surface area (Å²) in [6.07, 6.45) is 1.60. The number of aromatic nitrogens is 1. The van der Waals surface area contributed by atoms with Crippen LogP contribution in [-0.2, 0) is 6.54 Å². The fraction of sp³-hybridized carbons (Fsp3) is 0.200. The Labute approximate surface area is 135 Å². The first kappa shape index (κ1) is 15.8. The van der Waals surface area contributed by atoms with E-state index in [-0.39, 0.29) is 17.9 Å². The van der Waals surface area contributed by atoms with Crippen LogP contribution in [0.15, 0.2) is 39.7 Å². The molecule has 21 heavy (non-hydrogen) atoms. The molecule has 0 atom stereocenters. The molecule has 0 aliphatic rings. The molecule has 110 valence electrons. The van der Waals surface area contributed by atoms with Gasteiger partial charge in [-0.15, -0.1) is 0 Å². The highest BCUT2D eigenvalue weighted by Crippen LogP contribution is 2.25. The SMILES string of the molecule is COc1ccc(C(=O)Cn2cc(Br)cc(C)c2=O)cc1Cl. The summed E-state index contributed by atoms with van der Waals surface area (Å²) in [5.74, 6) is 0.308. The van der Waals surface area contributed by atoms with Gasteiger partial charge < -0.3 is 9.30 Å². The van der Waals surface area contributed by atoms with Crippen molar-refractivity contribution in [3.63, 3.8) is 0 Å². The van der Waals surface area contributed by atoms with Crippen molar-refractivity contribution >= 4 is 33.3 Å². The van der Waals surface area contributed by atoms with Gasteiger partial charge in [0, 0.05) is 21.8 Å². The topological polar surface area (TPSA) is 48.3 Å². The highest BCUT2D eigenvalue weighted by Gasteiger charge is 2.12. The third-order valence-electron chi connectivity index (χ3n) is 3.02. The van der Waals surface area contributed by atoms with Crippen molar-refractivity contribution in [2.45, 2.75) is 13.5 Å². The molecule has 4 nitrogen and oxygen atoms in total. The number of hydrogen-bond acceptors (Lipinski definition) is 3. The van der Waals surface area contributed by atoms with E-state index in [1.165, 1.54) is 11.7 Å². The second-order valence-electron chi connectivity index (χ2n) is 4.55. The summed E-state index contributed by atoms with van der Waals surface area (Å²) in [5, 5.41) is 0.362. The largest absolute Gasteiger partial charge is 0.495 e. The quantitative estimate of drug-likeness (QED) is 0.774. The van der Waals surface area contributed by atoms with Gasteiger partial charge in [0.05, 0.1) is 18.7 Å². The van der Waals surface area contributed by atoms with E-state index in [0.29, 0.717) is 21.9 Å². The average Bonchev–Trinajstić information content (AvgIpc) is 2.44. The third kappa shape index (κ3) is 3.54. The number of carbonyl (C=O) groups excluding carboxylic acids is 1. The Morgan fingerprint density at radius 2 is 2.10 bits per heavy atom. The molecule has 2 aromatic rings. The standard InChI is InChI=1S/C15H13BrClNO3/c1-9-5-11(16)7-18(15(9)20)8-13(19)10-3-4-14(21-2)12(17)6-10/h3-7H,8H2,1-2H3. The lowest BCUT2D eigenvalue weighted by Gasteiger charge is -2.08. The number of aryl methyl sites for hydroxylation is 1. The Morgan fingerprint density at radius 1 is 1.38 bits per heavy atom. The summed E-state index contributed by atoms with van der Waals surface area (Å²) >= 11 is 9.32.